The quantitative estimate of drug-likeness (QED) is 0.786. The fourth-order valence-electron chi connectivity index (χ4n) is 1.51. The van der Waals surface area contributed by atoms with Crippen molar-refractivity contribution in [3.8, 4) is 0 Å². The van der Waals surface area contributed by atoms with Gasteiger partial charge in [0.15, 0.2) is 0 Å². The Bertz CT molecular complexity index is 322. The van der Waals surface area contributed by atoms with Crippen molar-refractivity contribution in [2.24, 2.45) is 11.7 Å². The number of pyridine rings is 1. The molecule has 0 aliphatic heterocycles. The smallest absolute Gasteiger partial charge is 0.224 e. The largest absolute Gasteiger partial charge is 0.349 e. The number of carbonyl (C=O) groups excluding carboxylic acids is 1. The fraction of sp³-hybridized carbons (Fsp3) is 0.500. The number of nitrogens with two attached hydrogens (primary N) is 1. The van der Waals surface area contributed by atoms with Crippen LogP contribution in [-0.2, 0) is 4.79 Å². The van der Waals surface area contributed by atoms with Gasteiger partial charge in [0, 0.05) is 24.9 Å². The van der Waals surface area contributed by atoms with Gasteiger partial charge in [-0.3, -0.25) is 9.78 Å². The first kappa shape index (κ1) is 12.6. The summed E-state index contributed by atoms with van der Waals surface area (Å²) in [6.45, 7) is 4.30. The van der Waals surface area contributed by atoms with E-state index < -0.39 is 0 Å². The third-order valence-electron chi connectivity index (χ3n) is 2.69. The van der Waals surface area contributed by atoms with Gasteiger partial charge < -0.3 is 11.1 Å². The van der Waals surface area contributed by atoms with Gasteiger partial charge in [-0.15, -0.1) is 0 Å². The molecular formula is C12H19N3O. The molecule has 0 aromatic carbocycles. The predicted octanol–water partition coefficient (Wildman–Crippen LogP) is 1.24. The average molecular weight is 221 g/mol. The summed E-state index contributed by atoms with van der Waals surface area (Å²) in [7, 11) is 0. The minimum absolute atomic E-state index is 0.0151. The lowest BCUT2D eigenvalue weighted by Gasteiger charge is -2.18. The van der Waals surface area contributed by atoms with E-state index in [-0.39, 0.29) is 17.9 Å². The van der Waals surface area contributed by atoms with Crippen LogP contribution in [-0.4, -0.2) is 17.4 Å². The van der Waals surface area contributed by atoms with Crippen molar-refractivity contribution in [1.29, 1.82) is 0 Å². The van der Waals surface area contributed by atoms with E-state index in [1.807, 2.05) is 26.0 Å². The van der Waals surface area contributed by atoms with Crippen molar-refractivity contribution in [3.05, 3.63) is 30.1 Å². The van der Waals surface area contributed by atoms with Crippen LogP contribution in [0.25, 0.3) is 0 Å². The third-order valence-corrected chi connectivity index (χ3v) is 2.69. The molecule has 1 heterocycles. The number of amides is 1. The van der Waals surface area contributed by atoms with Crippen LogP contribution in [0, 0.1) is 5.92 Å². The first-order valence-electron chi connectivity index (χ1n) is 5.59. The molecule has 3 N–H and O–H groups in total. The monoisotopic (exact) mass is 221 g/mol. The predicted molar refractivity (Wildman–Crippen MR) is 63.6 cm³/mol. The normalized spacial score (nSPS) is 14.2. The maximum Gasteiger partial charge on any atom is 0.224 e. The van der Waals surface area contributed by atoms with Gasteiger partial charge in [0.1, 0.15) is 0 Å². The summed E-state index contributed by atoms with van der Waals surface area (Å²) < 4.78 is 0. The molecule has 1 aromatic rings. The fourth-order valence-corrected chi connectivity index (χ4v) is 1.51. The van der Waals surface area contributed by atoms with Crippen LogP contribution in [0.4, 0.5) is 0 Å². The summed E-state index contributed by atoms with van der Waals surface area (Å²) in [6.07, 6.45) is 4.24. The van der Waals surface area contributed by atoms with Crippen molar-refractivity contribution in [2.45, 2.75) is 26.3 Å². The van der Waals surface area contributed by atoms with E-state index in [1.165, 1.54) is 0 Å². The molecular weight excluding hydrogens is 202 g/mol. The number of rotatable bonds is 5. The SMILES string of the molecule is CCC(CN)C(=O)N[C@H](C)c1cccnc1. The highest BCUT2D eigenvalue weighted by atomic mass is 16.1. The summed E-state index contributed by atoms with van der Waals surface area (Å²) in [4.78, 5) is 15.8. The lowest BCUT2D eigenvalue weighted by molar-refractivity contribution is -0.125. The topological polar surface area (TPSA) is 68.0 Å². The van der Waals surface area contributed by atoms with Crippen molar-refractivity contribution in [1.82, 2.24) is 10.3 Å². The number of nitrogens with zero attached hydrogens (tertiary/aromatic N) is 1. The van der Waals surface area contributed by atoms with Gasteiger partial charge >= 0.3 is 0 Å². The Labute approximate surface area is 96.3 Å². The zero-order chi connectivity index (χ0) is 12.0. The molecule has 0 spiro atoms. The zero-order valence-corrected chi connectivity index (χ0v) is 9.81. The van der Waals surface area contributed by atoms with Gasteiger partial charge in [-0.25, -0.2) is 0 Å². The number of hydrogen-bond acceptors (Lipinski definition) is 3. The first-order valence-corrected chi connectivity index (χ1v) is 5.59. The Morgan fingerprint density at radius 2 is 2.38 bits per heavy atom. The number of aromatic nitrogens is 1. The third kappa shape index (κ3) is 3.31. The van der Waals surface area contributed by atoms with Crippen molar-refractivity contribution >= 4 is 5.91 Å². The summed E-state index contributed by atoms with van der Waals surface area (Å²) >= 11 is 0. The molecule has 1 aromatic heterocycles. The zero-order valence-electron chi connectivity index (χ0n) is 9.81. The second-order valence-corrected chi connectivity index (χ2v) is 3.86. The molecule has 4 heteroatoms. The highest BCUT2D eigenvalue weighted by molar-refractivity contribution is 5.79. The highest BCUT2D eigenvalue weighted by Gasteiger charge is 2.17. The summed E-state index contributed by atoms with van der Waals surface area (Å²) in [5.74, 6) is -0.0829. The summed E-state index contributed by atoms with van der Waals surface area (Å²) in [5, 5.41) is 2.94. The van der Waals surface area contributed by atoms with Crippen molar-refractivity contribution in [3.63, 3.8) is 0 Å². The molecule has 2 atom stereocenters. The second-order valence-electron chi connectivity index (χ2n) is 3.86. The maximum absolute atomic E-state index is 11.8. The molecule has 0 aliphatic rings. The highest BCUT2D eigenvalue weighted by Crippen LogP contribution is 2.11. The number of carbonyl (C=O) groups is 1. The lowest BCUT2D eigenvalue weighted by Crippen LogP contribution is -2.36. The minimum Gasteiger partial charge on any atom is -0.349 e. The molecule has 1 amide bonds. The Hall–Kier alpha value is -1.42. The molecule has 0 saturated heterocycles. The average Bonchev–Trinajstić information content (AvgIpc) is 2.31. The van der Waals surface area contributed by atoms with Crippen molar-refractivity contribution < 1.29 is 4.79 Å². The number of nitrogens with one attached hydrogen (secondary N) is 1. The Morgan fingerprint density at radius 1 is 1.62 bits per heavy atom. The van der Waals surface area contributed by atoms with Gasteiger partial charge in [-0.05, 0) is 25.0 Å². The van der Waals surface area contributed by atoms with Gasteiger partial charge in [0.05, 0.1) is 6.04 Å². The molecule has 1 unspecified atom stereocenters. The molecule has 88 valence electrons. The van der Waals surface area contributed by atoms with E-state index in [2.05, 4.69) is 10.3 Å². The number of hydrogen-bond donors (Lipinski definition) is 2. The molecule has 0 bridgehead atoms. The first-order chi connectivity index (χ1) is 7.69. The Balaban J connectivity index is 2.58. The molecule has 0 radical (unpaired) electrons. The minimum atomic E-state index is -0.0980. The maximum atomic E-state index is 11.8. The Kier molecular flexibility index (Phi) is 4.92. The molecule has 16 heavy (non-hydrogen) atoms. The molecule has 4 nitrogen and oxygen atoms in total. The second kappa shape index (κ2) is 6.23. The van der Waals surface area contributed by atoms with Crippen LogP contribution < -0.4 is 11.1 Å². The summed E-state index contributed by atoms with van der Waals surface area (Å²) in [6, 6.07) is 3.78. The van der Waals surface area contributed by atoms with E-state index >= 15 is 0 Å². The van der Waals surface area contributed by atoms with Crippen LogP contribution >= 0.6 is 0 Å². The molecule has 0 aliphatic carbocycles. The van der Waals surface area contributed by atoms with Crippen LogP contribution in [0.1, 0.15) is 31.9 Å². The van der Waals surface area contributed by atoms with Crippen molar-refractivity contribution in [2.75, 3.05) is 6.54 Å². The van der Waals surface area contributed by atoms with Gasteiger partial charge in [-0.1, -0.05) is 13.0 Å². The van der Waals surface area contributed by atoms with Gasteiger partial charge in [-0.2, -0.15) is 0 Å². The van der Waals surface area contributed by atoms with Crippen LogP contribution in [0.3, 0.4) is 0 Å². The van der Waals surface area contributed by atoms with Crippen LogP contribution in [0.5, 0.6) is 0 Å². The summed E-state index contributed by atoms with van der Waals surface area (Å²) in [5.41, 5.74) is 6.53. The van der Waals surface area contributed by atoms with E-state index in [4.69, 9.17) is 5.73 Å². The van der Waals surface area contributed by atoms with Gasteiger partial charge in [0.2, 0.25) is 5.91 Å². The van der Waals surface area contributed by atoms with E-state index in [9.17, 15) is 4.79 Å². The molecule has 1 rings (SSSR count). The van der Waals surface area contributed by atoms with E-state index in [0.717, 1.165) is 12.0 Å². The van der Waals surface area contributed by atoms with Crippen LogP contribution in [0.2, 0.25) is 0 Å². The Morgan fingerprint density at radius 3 is 2.88 bits per heavy atom. The van der Waals surface area contributed by atoms with E-state index in [0.29, 0.717) is 6.54 Å². The molecule has 0 fully saturated rings. The van der Waals surface area contributed by atoms with Crippen LogP contribution in [0.15, 0.2) is 24.5 Å². The lowest BCUT2D eigenvalue weighted by atomic mass is 10.0. The van der Waals surface area contributed by atoms with E-state index in [1.54, 1.807) is 12.4 Å². The molecule has 0 saturated carbocycles. The standard InChI is InChI=1S/C12H19N3O/c1-3-10(7-13)12(16)15-9(2)11-5-4-6-14-8-11/h4-6,8-10H,3,7,13H2,1-2H3,(H,15,16)/t9-,10?/m1/s1. The van der Waals surface area contributed by atoms with Gasteiger partial charge in [0.25, 0.3) is 0 Å².